The zero-order chi connectivity index (χ0) is 11.8. The summed E-state index contributed by atoms with van der Waals surface area (Å²) in [4.78, 5) is 3.86. The Labute approximate surface area is 95.5 Å². The van der Waals surface area contributed by atoms with E-state index in [0.717, 1.165) is 0 Å². The second-order valence-electron chi connectivity index (χ2n) is 2.86. The molecule has 16 heavy (non-hydrogen) atoms. The summed E-state index contributed by atoms with van der Waals surface area (Å²) >= 11 is 0. The lowest BCUT2D eigenvalue weighted by Gasteiger charge is -2.02. The number of hydrogen-bond donors (Lipinski definition) is 0. The van der Waals surface area contributed by atoms with Crippen LogP contribution < -0.4 is 0 Å². The molecular formula is C7H7ClN4O3S. The summed E-state index contributed by atoms with van der Waals surface area (Å²) in [5.74, 6) is 0.301. The molecule has 0 atom stereocenters. The van der Waals surface area contributed by atoms with Crippen LogP contribution in [0.2, 0.25) is 0 Å². The summed E-state index contributed by atoms with van der Waals surface area (Å²) in [5, 5.41) is 6.95. The fourth-order valence-corrected chi connectivity index (χ4v) is 2.23. The molecule has 2 rings (SSSR count). The van der Waals surface area contributed by atoms with Crippen molar-refractivity contribution in [2.75, 3.05) is 0 Å². The maximum Gasteiger partial charge on any atom is 0.296 e. The van der Waals surface area contributed by atoms with Crippen molar-refractivity contribution >= 4 is 19.7 Å². The minimum atomic E-state index is -3.91. The average molecular weight is 263 g/mol. The van der Waals surface area contributed by atoms with Crippen molar-refractivity contribution in [2.24, 2.45) is 0 Å². The first-order valence-corrected chi connectivity index (χ1v) is 6.61. The topological polar surface area (TPSA) is 90.9 Å². The molecular weight excluding hydrogens is 256 g/mol. The van der Waals surface area contributed by atoms with Crippen molar-refractivity contribution < 1.29 is 12.8 Å². The minimum absolute atomic E-state index is 0.297. The summed E-state index contributed by atoms with van der Waals surface area (Å²) in [6.07, 6.45) is 2.57. The molecule has 2 heterocycles. The summed E-state index contributed by atoms with van der Waals surface area (Å²) in [6, 6.07) is 0. The van der Waals surface area contributed by atoms with Crippen LogP contribution in [0.4, 0.5) is 0 Å². The van der Waals surface area contributed by atoms with Gasteiger partial charge in [-0.05, 0) is 6.92 Å². The standard InChI is InChI=1S/C7H7ClN4O3S/c1-2-12-6(5-3-15-4-9-5)10-11-7(12)16(8,13)14/h3-4H,2H2,1H3. The first-order valence-electron chi connectivity index (χ1n) is 4.30. The van der Waals surface area contributed by atoms with E-state index in [1.54, 1.807) is 6.92 Å². The van der Waals surface area contributed by atoms with Crippen LogP contribution in [-0.2, 0) is 15.6 Å². The van der Waals surface area contributed by atoms with Crippen LogP contribution >= 0.6 is 10.7 Å². The molecule has 86 valence electrons. The zero-order valence-corrected chi connectivity index (χ0v) is 9.73. The molecule has 2 aromatic rings. The van der Waals surface area contributed by atoms with Gasteiger partial charge in [0.05, 0.1) is 0 Å². The van der Waals surface area contributed by atoms with E-state index in [0.29, 0.717) is 18.1 Å². The Hall–Kier alpha value is -1.41. The molecule has 0 N–H and O–H groups in total. The first kappa shape index (κ1) is 11.1. The van der Waals surface area contributed by atoms with Crippen molar-refractivity contribution in [1.29, 1.82) is 0 Å². The quantitative estimate of drug-likeness (QED) is 0.763. The van der Waals surface area contributed by atoms with E-state index in [1.165, 1.54) is 17.2 Å². The van der Waals surface area contributed by atoms with Crippen LogP contribution in [0.1, 0.15) is 6.92 Å². The van der Waals surface area contributed by atoms with Gasteiger partial charge >= 0.3 is 0 Å². The SMILES string of the molecule is CCn1c(-c2cocn2)nnc1S(=O)(=O)Cl. The number of halogens is 1. The Morgan fingerprint density at radius 3 is 2.75 bits per heavy atom. The van der Waals surface area contributed by atoms with Gasteiger partial charge in [0.15, 0.2) is 12.2 Å². The minimum Gasteiger partial charge on any atom is -0.451 e. The highest BCUT2D eigenvalue weighted by Crippen LogP contribution is 2.20. The smallest absolute Gasteiger partial charge is 0.296 e. The van der Waals surface area contributed by atoms with Crippen molar-refractivity contribution in [3.63, 3.8) is 0 Å². The van der Waals surface area contributed by atoms with Gasteiger partial charge in [0.2, 0.25) is 0 Å². The lowest BCUT2D eigenvalue weighted by molar-refractivity contribution is 0.557. The Balaban J connectivity index is 2.63. The lowest BCUT2D eigenvalue weighted by Crippen LogP contribution is -2.06. The number of nitrogens with zero attached hydrogens (tertiary/aromatic N) is 4. The molecule has 0 bridgehead atoms. The number of rotatable bonds is 3. The van der Waals surface area contributed by atoms with Crippen LogP contribution in [0.15, 0.2) is 22.2 Å². The monoisotopic (exact) mass is 262 g/mol. The highest BCUT2D eigenvalue weighted by Gasteiger charge is 2.23. The molecule has 0 fully saturated rings. The van der Waals surface area contributed by atoms with Gasteiger partial charge in [0, 0.05) is 17.2 Å². The van der Waals surface area contributed by atoms with Gasteiger partial charge in [-0.2, -0.15) is 0 Å². The van der Waals surface area contributed by atoms with Gasteiger partial charge in [0.1, 0.15) is 12.0 Å². The third kappa shape index (κ3) is 1.81. The maximum absolute atomic E-state index is 11.2. The molecule has 0 saturated carbocycles. The maximum atomic E-state index is 11.2. The van der Waals surface area contributed by atoms with E-state index in [4.69, 9.17) is 15.1 Å². The van der Waals surface area contributed by atoms with E-state index >= 15 is 0 Å². The Morgan fingerprint density at radius 2 is 2.25 bits per heavy atom. The van der Waals surface area contributed by atoms with Crippen LogP contribution in [0.25, 0.3) is 11.5 Å². The molecule has 0 aliphatic carbocycles. The zero-order valence-electron chi connectivity index (χ0n) is 8.16. The molecule has 2 aromatic heterocycles. The predicted molar refractivity (Wildman–Crippen MR) is 54.2 cm³/mol. The van der Waals surface area contributed by atoms with Gasteiger partial charge in [-0.3, -0.25) is 4.57 Å². The Bertz CT molecular complexity index is 589. The molecule has 0 aliphatic rings. The van der Waals surface area contributed by atoms with E-state index < -0.39 is 9.05 Å². The molecule has 9 heteroatoms. The summed E-state index contributed by atoms with van der Waals surface area (Å²) < 4.78 is 28.5. The van der Waals surface area contributed by atoms with Crippen molar-refractivity contribution in [3.8, 4) is 11.5 Å². The number of hydrogen-bond acceptors (Lipinski definition) is 6. The normalized spacial score (nSPS) is 11.9. The highest BCUT2D eigenvalue weighted by molar-refractivity contribution is 8.13. The largest absolute Gasteiger partial charge is 0.451 e. The van der Waals surface area contributed by atoms with Crippen LogP contribution in [0.5, 0.6) is 0 Å². The van der Waals surface area contributed by atoms with E-state index in [9.17, 15) is 8.42 Å². The second-order valence-corrected chi connectivity index (χ2v) is 5.32. The van der Waals surface area contributed by atoms with Crippen LogP contribution in [-0.4, -0.2) is 28.2 Å². The second kappa shape index (κ2) is 3.87. The first-order chi connectivity index (χ1) is 7.54. The molecule has 0 aromatic carbocycles. The summed E-state index contributed by atoms with van der Waals surface area (Å²) in [6.45, 7) is 2.11. The third-order valence-electron chi connectivity index (χ3n) is 1.91. The van der Waals surface area contributed by atoms with Gasteiger partial charge in [-0.15, -0.1) is 10.2 Å². The van der Waals surface area contributed by atoms with Crippen LogP contribution in [0, 0.1) is 0 Å². The van der Waals surface area contributed by atoms with Gasteiger partial charge in [-0.1, -0.05) is 0 Å². The van der Waals surface area contributed by atoms with E-state index in [-0.39, 0.29) is 5.16 Å². The average Bonchev–Trinajstić information content (AvgIpc) is 2.84. The molecule has 0 spiro atoms. The summed E-state index contributed by atoms with van der Waals surface area (Å²) in [7, 11) is 1.31. The van der Waals surface area contributed by atoms with Gasteiger partial charge in [-0.25, -0.2) is 13.4 Å². The van der Waals surface area contributed by atoms with Crippen molar-refractivity contribution in [2.45, 2.75) is 18.6 Å². The number of oxazole rings is 1. The van der Waals surface area contributed by atoms with Gasteiger partial charge < -0.3 is 4.42 Å². The Morgan fingerprint density at radius 1 is 1.50 bits per heavy atom. The fraction of sp³-hybridized carbons (Fsp3) is 0.286. The van der Waals surface area contributed by atoms with E-state index in [2.05, 4.69) is 15.2 Å². The molecule has 0 aliphatic heterocycles. The molecule has 7 nitrogen and oxygen atoms in total. The Kier molecular flexibility index (Phi) is 2.68. The lowest BCUT2D eigenvalue weighted by atomic mass is 10.4. The number of aromatic nitrogens is 4. The highest BCUT2D eigenvalue weighted by atomic mass is 35.7. The predicted octanol–water partition coefficient (Wildman–Crippen LogP) is 0.880. The molecule has 0 radical (unpaired) electrons. The van der Waals surface area contributed by atoms with Crippen LogP contribution in [0.3, 0.4) is 0 Å². The molecule has 0 saturated heterocycles. The van der Waals surface area contributed by atoms with E-state index in [1.807, 2.05) is 0 Å². The van der Waals surface area contributed by atoms with Crippen molar-refractivity contribution in [1.82, 2.24) is 19.7 Å². The summed E-state index contributed by atoms with van der Waals surface area (Å²) in [5.41, 5.74) is 0.404. The van der Waals surface area contributed by atoms with Gasteiger partial charge in [0.25, 0.3) is 14.2 Å². The van der Waals surface area contributed by atoms with Crippen molar-refractivity contribution in [3.05, 3.63) is 12.7 Å². The molecule has 0 amide bonds. The molecule has 0 unspecified atom stereocenters. The third-order valence-corrected chi connectivity index (χ3v) is 3.06. The fourth-order valence-electron chi connectivity index (χ4n) is 1.27.